The molecule has 0 N–H and O–H groups in total. The standard InChI is InChI=1S/C28H40O5Si/c1-17(2)34(18(3)4,19(5)6)33-21-15-28(20-13-11-10-12-14-20)22-16-27(24(29)31-8,25(30)32-9)23(21)26(22,28)7/h10-15,17-19,22-23H,16H2,1-9H3/t22-,23-,26-,28+/m0/s1. The molecule has 186 valence electrons. The monoisotopic (exact) mass is 484 g/mol. The summed E-state index contributed by atoms with van der Waals surface area (Å²) < 4.78 is 17.8. The molecule has 1 aromatic rings. The summed E-state index contributed by atoms with van der Waals surface area (Å²) in [6.45, 7) is 15.7. The molecule has 0 aliphatic heterocycles. The van der Waals surface area contributed by atoms with Crippen molar-refractivity contribution >= 4 is 20.3 Å². The summed E-state index contributed by atoms with van der Waals surface area (Å²) in [5.41, 5.74) is 0.396. The number of methoxy groups -OCH3 is 2. The Morgan fingerprint density at radius 1 is 0.912 bits per heavy atom. The third kappa shape index (κ3) is 2.72. The number of fused-ring (bicyclic) bond motifs is 1. The van der Waals surface area contributed by atoms with Gasteiger partial charge in [-0.15, -0.1) is 0 Å². The zero-order valence-corrected chi connectivity index (χ0v) is 23.1. The van der Waals surface area contributed by atoms with E-state index in [1.165, 1.54) is 19.8 Å². The van der Waals surface area contributed by atoms with Crippen molar-refractivity contribution in [1.29, 1.82) is 0 Å². The molecule has 3 aliphatic rings. The first-order valence-electron chi connectivity index (χ1n) is 12.6. The normalized spacial score (nSPS) is 30.9. The Morgan fingerprint density at radius 3 is 1.85 bits per heavy atom. The first-order chi connectivity index (χ1) is 15.9. The van der Waals surface area contributed by atoms with Crippen LogP contribution in [0.5, 0.6) is 0 Å². The van der Waals surface area contributed by atoms with Gasteiger partial charge in [-0.3, -0.25) is 9.59 Å². The Hall–Kier alpha value is -2.08. The van der Waals surface area contributed by atoms with Gasteiger partial charge in [-0.2, -0.15) is 0 Å². The van der Waals surface area contributed by atoms with Crippen LogP contribution in [0.4, 0.5) is 0 Å². The van der Waals surface area contributed by atoms with E-state index in [0.717, 1.165) is 5.76 Å². The average Bonchev–Trinajstić information content (AvgIpc) is 3.05. The van der Waals surface area contributed by atoms with Crippen molar-refractivity contribution in [1.82, 2.24) is 0 Å². The van der Waals surface area contributed by atoms with Crippen LogP contribution in [0.15, 0.2) is 42.2 Å². The molecule has 0 spiro atoms. The molecular weight excluding hydrogens is 444 g/mol. The Labute approximate surface area is 205 Å². The second kappa shape index (κ2) is 7.97. The van der Waals surface area contributed by atoms with Crippen molar-refractivity contribution in [2.45, 2.75) is 76.9 Å². The third-order valence-electron chi connectivity index (χ3n) is 9.71. The maximum Gasteiger partial charge on any atom is 0.324 e. The third-order valence-corrected chi connectivity index (χ3v) is 15.7. The Bertz CT molecular complexity index is 975. The van der Waals surface area contributed by atoms with Crippen LogP contribution in [-0.4, -0.2) is 34.5 Å². The van der Waals surface area contributed by atoms with Crippen LogP contribution < -0.4 is 0 Å². The van der Waals surface area contributed by atoms with E-state index in [1.807, 2.05) is 6.07 Å². The molecule has 0 aromatic heterocycles. The van der Waals surface area contributed by atoms with Crippen LogP contribution >= 0.6 is 0 Å². The molecule has 1 aromatic carbocycles. The number of benzene rings is 1. The Morgan fingerprint density at radius 2 is 1.41 bits per heavy atom. The molecule has 6 heteroatoms. The Kier molecular flexibility index (Phi) is 5.87. The quantitative estimate of drug-likeness (QED) is 0.257. The molecule has 5 nitrogen and oxygen atoms in total. The summed E-state index contributed by atoms with van der Waals surface area (Å²) in [7, 11) is 0.386. The zero-order valence-electron chi connectivity index (χ0n) is 22.1. The van der Waals surface area contributed by atoms with Gasteiger partial charge in [0.1, 0.15) is 0 Å². The highest BCUT2D eigenvalue weighted by Gasteiger charge is 2.90. The molecule has 3 aliphatic carbocycles. The zero-order chi connectivity index (χ0) is 25.3. The fourth-order valence-corrected chi connectivity index (χ4v) is 13.7. The largest absolute Gasteiger partial charge is 0.546 e. The van der Waals surface area contributed by atoms with Gasteiger partial charge in [0, 0.05) is 11.3 Å². The summed E-state index contributed by atoms with van der Waals surface area (Å²) in [5, 5.41) is 0. The smallest absolute Gasteiger partial charge is 0.324 e. The highest BCUT2D eigenvalue weighted by Crippen LogP contribution is 2.88. The topological polar surface area (TPSA) is 61.8 Å². The van der Waals surface area contributed by atoms with Gasteiger partial charge in [0.05, 0.1) is 20.0 Å². The first kappa shape index (κ1) is 25.0. The molecule has 0 radical (unpaired) electrons. The fourth-order valence-electron chi connectivity index (χ4n) is 8.44. The van der Waals surface area contributed by atoms with Crippen molar-refractivity contribution in [2.24, 2.45) is 22.7 Å². The lowest BCUT2D eigenvalue weighted by Crippen LogP contribution is -2.52. The van der Waals surface area contributed by atoms with Crippen molar-refractivity contribution in [3.05, 3.63) is 47.7 Å². The summed E-state index contributed by atoms with van der Waals surface area (Å²) >= 11 is 0. The van der Waals surface area contributed by atoms with Gasteiger partial charge < -0.3 is 13.9 Å². The minimum atomic E-state index is -2.33. The fraction of sp³-hybridized carbons (Fsp3) is 0.643. The second-order valence-electron chi connectivity index (χ2n) is 11.6. The molecule has 0 amide bonds. The maximum atomic E-state index is 13.4. The summed E-state index contributed by atoms with van der Waals surface area (Å²) in [6.07, 6.45) is 2.69. The van der Waals surface area contributed by atoms with E-state index in [1.54, 1.807) is 0 Å². The van der Waals surface area contributed by atoms with Gasteiger partial charge in [-0.25, -0.2) is 0 Å². The van der Waals surface area contributed by atoms with Crippen molar-refractivity contribution in [2.75, 3.05) is 14.2 Å². The van der Waals surface area contributed by atoms with Gasteiger partial charge in [0.25, 0.3) is 8.32 Å². The summed E-state index contributed by atoms with van der Waals surface area (Å²) in [6, 6.07) is 10.5. The van der Waals surface area contributed by atoms with Crippen molar-refractivity contribution < 1.29 is 23.5 Å². The highest BCUT2D eigenvalue weighted by molar-refractivity contribution is 6.77. The molecule has 0 heterocycles. The number of carbonyl (C=O) groups is 2. The summed E-state index contributed by atoms with van der Waals surface area (Å²) in [4.78, 5) is 26.8. The van der Waals surface area contributed by atoms with E-state index in [-0.39, 0.29) is 16.7 Å². The van der Waals surface area contributed by atoms with Gasteiger partial charge in [0.15, 0.2) is 5.41 Å². The molecule has 4 rings (SSSR count). The summed E-state index contributed by atoms with van der Waals surface area (Å²) in [5.74, 6) is -0.484. The van der Waals surface area contributed by atoms with Crippen LogP contribution in [0.3, 0.4) is 0 Å². The first-order valence-corrected chi connectivity index (χ1v) is 14.7. The van der Waals surface area contributed by atoms with Crippen LogP contribution in [0, 0.1) is 22.7 Å². The minimum absolute atomic E-state index is 0.145. The number of rotatable bonds is 8. The van der Waals surface area contributed by atoms with Gasteiger partial charge in [-0.1, -0.05) is 78.8 Å². The lowest BCUT2D eigenvalue weighted by Gasteiger charge is -2.45. The minimum Gasteiger partial charge on any atom is -0.546 e. The lowest BCUT2D eigenvalue weighted by atomic mass is 9.68. The Balaban J connectivity index is 1.94. The highest BCUT2D eigenvalue weighted by atomic mass is 28.4. The molecule has 2 saturated carbocycles. The molecule has 34 heavy (non-hydrogen) atoms. The SMILES string of the molecule is COC(=O)C1(C(=O)OC)C[C@H]2[C@@]3(C)[C@@H]1C(O[Si](C(C)C)(C(C)C)C(C)C)=C[C@@]23c1ccccc1. The number of allylic oxidation sites excluding steroid dienone is 2. The average molecular weight is 485 g/mol. The maximum absolute atomic E-state index is 13.4. The van der Waals surface area contributed by atoms with E-state index in [0.29, 0.717) is 23.0 Å². The van der Waals surface area contributed by atoms with E-state index < -0.39 is 31.6 Å². The van der Waals surface area contributed by atoms with E-state index in [9.17, 15) is 9.59 Å². The number of esters is 2. The second-order valence-corrected chi connectivity index (χ2v) is 17.0. The lowest BCUT2D eigenvalue weighted by molar-refractivity contribution is -0.174. The van der Waals surface area contributed by atoms with E-state index in [4.69, 9.17) is 13.9 Å². The molecule has 2 fully saturated rings. The van der Waals surface area contributed by atoms with Crippen LogP contribution in [0.25, 0.3) is 0 Å². The van der Waals surface area contributed by atoms with Crippen molar-refractivity contribution in [3.63, 3.8) is 0 Å². The van der Waals surface area contributed by atoms with Gasteiger partial charge in [-0.05, 0) is 46.0 Å². The molecule has 4 atom stereocenters. The van der Waals surface area contributed by atoms with Crippen LogP contribution in [0.1, 0.15) is 60.5 Å². The molecular formula is C28H40O5Si. The van der Waals surface area contributed by atoms with E-state index in [2.05, 4.69) is 78.8 Å². The number of ether oxygens (including phenoxy) is 2. The molecule has 0 saturated heterocycles. The predicted octanol–water partition coefficient (Wildman–Crippen LogP) is 6.00. The van der Waals surface area contributed by atoms with Gasteiger partial charge in [0.2, 0.25) is 0 Å². The van der Waals surface area contributed by atoms with Crippen LogP contribution in [-0.2, 0) is 28.9 Å². The van der Waals surface area contributed by atoms with Crippen molar-refractivity contribution in [3.8, 4) is 0 Å². The van der Waals surface area contributed by atoms with Crippen LogP contribution in [0.2, 0.25) is 16.6 Å². The number of hydrogen-bond acceptors (Lipinski definition) is 5. The molecule has 0 unspecified atom stereocenters. The van der Waals surface area contributed by atoms with E-state index >= 15 is 0 Å². The molecule has 0 bridgehead atoms. The van der Waals surface area contributed by atoms with Gasteiger partial charge >= 0.3 is 11.9 Å². The predicted molar refractivity (Wildman–Crippen MR) is 135 cm³/mol. The number of carbonyl (C=O) groups excluding carboxylic acids is 2. The number of hydrogen-bond donors (Lipinski definition) is 0.